The molecular weight excluding hydrogens is 358 g/mol. The topological polar surface area (TPSA) is 104 Å². The van der Waals surface area contributed by atoms with Crippen LogP contribution in [0.2, 0.25) is 5.02 Å². The summed E-state index contributed by atoms with van der Waals surface area (Å²) in [6.07, 6.45) is -0.466. The lowest BCUT2D eigenvalue weighted by Crippen LogP contribution is -2.47. The Hall–Kier alpha value is -2.86. The first-order chi connectivity index (χ1) is 12.3. The van der Waals surface area contributed by atoms with Crippen LogP contribution in [0.25, 0.3) is 0 Å². The Kier molecular flexibility index (Phi) is 4.70. The Morgan fingerprint density at radius 2 is 1.62 bits per heavy atom. The zero-order chi connectivity index (χ0) is 18.9. The molecule has 1 amide bonds. The summed E-state index contributed by atoms with van der Waals surface area (Å²) >= 11 is 5.83. The maximum atomic E-state index is 12.8. The first-order valence-corrected chi connectivity index (χ1v) is 8.32. The summed E-state index contributed by atoms with van der Waals surface area (Å²) in [5, 5.41) is 22.4. The molecule has 0 aliphatic heterocycles. The molecular formula is C19H16ClNO5. The van der Waals surface area contributed by atoms with Crippen molar-refractivity contribution in [2.75, 3.05) is 5.32 Å². The van der Waals surface area contributed by atoms with Gasteiger partial charge in [0.15, 0.2) is 5.41 Å². The highest BCUT2D eigenvalue weighted by Gasteiger charge is 2.52. The van der Waals surface area contributed by atoms with Crippen molar-refractivity contribution >= 4 is 35.1 Å². The van der Waals surface area contributed by atoms with Gasteiger partial charge >= 0.3 is 11.9 Å². The summed E-state index contributed by atoms with van der Waals surface area (Å²) in [5.74, 6) is -4.22. The number of fused-ring (bicyclic) bond motifs is 1. The normalized spacial score (nSPS) is 17.8. The van der Waals surface area contributed by atoms with E-state index in [1.165, 1.54) is 0 Å². The van der Waals surface area contributed by atoms with Gasteiger partial charge in [-0.3, -0.25) is 14.4 Å². The van der Waals surface area contributed by atoms with Gasteiger partial charge in [0.1, 0.15) is 0 Å². The van der Waals surface area contributed by atoms with Crippen LogP contribution in [-0.2, 0) is 20.8 Å². The Bertz CT molecular complexity index is 864. The Morgan fingerprint density at radius 3 is 2.23 bits per heavy atom. The predicted octanol–water partition coefficient (Wildman–Crippen LogP) is 3.16. The molecule has 0 saturated carbocycles. The van der Waals surface area contributed by atoms with Crippen molar-refractivity contribution in [3.63, 3.8) is 0 Å². The van der Waals surface area contributed by atoms with Gasteiger partial charge in [0.25, 0.3) is 0 Å². The highest BCUT2D eigenvalue weighted by atomic mass is 35.5. The van der Waals surface area contributed by atoms with Gasteiger partial charge in [-0.25, -0.2) is 0 Å². The molecule has 3 N–H and O–H groups in total. The molecule has 0 aromatic heterocycles. The minimum absolute atomic E-state index is 0.154. The number of anilines is 1. The molecule has 7 heteroatoms. The average molecular weight is 374 g/mol. The van der Waals surface area contributed by atoms with E-state index in [-0.39, 0.29) is 12.8 Å². The van der Waals surface area contributed by atoms with Crippen LogP contribution < -0.4 is 5.32 Å². The second kappa shape index (κ2) is 6.80. The fourth-order valence-corrected chi connectivity index (χ4v) is 3.43. The van der Waals surface area contributed by atoms with Crippen molar-refractivity contribution in [3.05, 3.63) is 64.7 Å². The van der Waals surface area contributed by atoms with E-state index in [1.54, 1.807) is 48.5 Å². The van der Waals surface area contributed by atoms with Crippen molar-refractivity contribution in [2.45, 2.75) is 18.8 Å². The molecule has 1 aliphatic rings. The second-order valence-corrected chi connectivity index (χ2v) is 6.76. The lowest BCUT2D eigenvalue weighted by Gasteiger charge is -2.35. The minimum atomic E-state index is -2.03. The van der Waals surface area contributed by atoms with E-state index in [9.17, 15) is 24.6 Å². The standard InChI is InChI=1S/C19H16ClNO5/c20-12-5-7-13(8-6-12)21-16(22)15-10-19(17(23)24,18(25)26)9-11-3-1-2-4-14(11)15/h1-8,15H,9-10H2,(H,21,22)(H,23,24)(H,25,26). The molecule has 3 rings (SSSR count). The van der Waals surface area contributed by atoms with Crippen LogP contribution in [0.5, 0.6) is 0 Å². The zero-order valence-electron chi connectivity index (χ0n) is 13.6. The van der Waals surface area contributed by atoms with E-state index < -0.39 is 29.2 Å². The third-order valence-corrected chi connectivity index (χ3v) is 4.97. The number of benzene rings is 2. The third kappa shape index (κ3) is 3.15. The molecule has 0 saturated heterocycles. The smallest absolute Gasteiger partial charge is 0.321 e. The largest absolute Gasteiger partial charge is 0.480 e. The number of hydrogen-bond acceptors (Lipinski definition) is 3. The van der Waals surface area contributed by atoms with Crippen LogP contribution in [0.15, 0.2) is 48.5 Å². The summed E-state index contributed by atoms with van der Waals surface area (Å²) in [4.78, 5) is 36.3. The maximum Gasteiger partial charge on any atom is 0.321 e. The van der Waals surface area contributed by atoms with Crippen LogP contribution >= 0.6 is 11.6 Å². The van der Waals surface area contributed by atoms with Crippen molar-refractivity contribution < 1.29 is 24.6 Å². The average Bonchev–Trinajstić information content (AvgIpc) is 2.62. The number of halogens is 1. The molecule has 0 radical (unpaired) electrons. The fraction of sp³-hybridized carbons (Fsp3) is 0.211. The van der Waals surface area contributed by atoms with E-state index in [4.69, 9.17) is 11.6 Å². The monoisotopic (exact) mass is 373 g/mol. The van der Waals surface area contributed by atoms with E-state index >= 15 is 0 Å². The Morgan fingerprint density at radius 1 is 1.00 bits per heavy atom. The van der Waals surface area contributed by atoms with Crippen molar-refractivity contribution in [1.82, 2.24) is 0 Å². The molecule has 6 nitrogen and oxygen atoms in total. The van der Waals surface area contributed by atoms with Gasteiger partial charge < -0.3 is 15.5 Å². The van der Waals surface area contributed by atoms with Crippen molar-refractivity contribution in [2.24, 2.45) is 5.41 Å². The summed E-state index contributed by atoms with van der Waals surface area (Å²) in [5.41, 5.74) is -0.327. The molecule has 0 spiro atoms. The highest BCUT2D eigenvalue weighted by Crippen LogP contribution is 2.43. The van der Waals surface area contributed by atoms with Gasteiger partial charge in [-0.15, -0.1) is 0 Å². The quantitative estimate of drug-likeness (QED) is 0.714. The van der Waals surface area contributed by atoms with Gasteiger partial charge in [0.2, 0.25) is 5.91 Å². The first-order valence-electron chi connectivity index (χ1n) is 7.94. The minimum Gasteiger partial charge on any atom is -0.480 e. The molecule has 1 unspecified atom stereocenters. The number of aliphatic carboxylic acids is 2. The molecule has 2 aromatic carbocycles. The zero-order valence-corrected chi connectivity index (χ0v) is 14.4. The molecule has 2 aromatic rings. The second-order valence-electron chi connectivity index (χ2n) is 6.32. The number of carbonyl (C=O) groups is 3. The Balaban J connectivity index is 1.98. The van der Waals surface area contributed by atoms with E-state index in [1.807, 2.05) is 0 Å². The van der Waals surface area contributed by atoms with Crippen LogP contribution in [0.1, 0.15) is 23.5 Å². The lowest BCUT2D eigenvalue weighted by molar-refractivity contribution is -0.166. The van der Waals surface area contributed by atoms with Gasteiger partial charge in [0.05, 0.1) is 5.92 Å². The number of carbonyl (C=O) groups excluding carboxylic acids is 1. The summed E-state index contributed by atoms with van der Waals surface area (Å²) in [7, 11) is 0. The fourth-order valence-electron chi connectivity index (χ4n) is 3.30. The van der Waals surface area contributed by atoms with Crippen molar-refractivity contribution in [3.8, 4) is 0 Å². The molecule has 1 atom stereocenters. The number of nitrogens with one attached hydrogen (secondary N) is 1. The molecule has 1 aliphatic carbocycles. The van der Waals surface area contributed by atoms with Crippen molar-refractivity contribution in [1.29, 1.82) is 0 Å². The SMILES string of the molecule is O=C(Nc1ccc(Cl)cc1)C1CC(C(=O)O)(C(=O)O)Cc2ccccc21. The van der Waals surface area contributed by atoms with Crippen LogP contribution in [0.4, 0.5) is 5.69 Å². The van der Waals surface area contributed by atoms with Gasteiger partial charge in [0, 0.05) is 10.7 Å². The maximum absolute atomic E-state index is 12.8. The molecule has 0 heterocycles. The van der Waals surface area contributed by atoms with Crippen LogP contribution in [0, 0.1) is 5.41 Å². The summed E-state index contributed by atoms with van der Waals surface area (Å²) in [6.45, 7) is 0. The molecule has 26 heavy (non-hydrogen) atoms. The van der Waals surface area contributed by atoms with Gasteiger partial charge in [-0.05, 0) is 48.2 Å². The first kappa shape index (κ1) is 17.9. The molecule has 134 valence electrons. The number of hydrogen-bond donors (Lipinski definition) is 3. The van der Waals surface area contributed by atoms with E-state index in [0.717, 1.165) is 0 Å². The number of carboxylic acid groups (broad SMARTS) is 2. The van der Waals surface area contributed by atoms with Crippen LogP contribution in [0.3, 0.4) is 0 Å². The summed E-state index contributed by atoms with van der Waals surface area (Å²) in [6, 6.07) is 13.3. The van der Waals surface area contributed by atoms with E-state index in [2.05, 4.69) is 5.32 Å². The number of carboxylic acids is 2. The highest BCUT2D eigenvalue weighted by molar-refractivity contribution is 6.30. The van der Waals surface area contributed by atoms with Gasteiger partial charge in [-0.2, -0.15) is 0 Å². The van der Waals surface area contributed by atoms with Gasteiger partial charge in [-0.1, -0.05) is 35.9 Å². The predicted molar refractivity (Wildman–Crippen MR) is 95.3 cm³/mol. The number of rotatable bonds is 4. The molecule has 0 fully saturated rings. The summed E-state index contributed by atoms with van der Waals surface area (Å²) < 4.78 is 0. The molecule has 0 bridgehead atoms. The van der Waals surface area contributed by atoms with E-state index in [0.29, 0.717) is 21.8 Å². The lowest BCUT2D eigenvalue weighted by atomic mass is 9.66. The number of amides is 1. The van der Waals surface area contributed by atoms with Crippen LogP contribution in [-0.4, -0.2) is 28.1 Å². The Labute approximate surface area is 154 Å². The third-order valence-electron chi connectivity index (χ3n) is 4.72.